The SMILES string of the molecule is C[C@H](N)Cc1csnn1. The first kappa shape index (κ1) is 6.64. The third-order valence-electron chi connectivity index (χ3n) is 0.936. The molecule has 0 bridgehead atoms. The summed E-state index contributed by atoms with van der Waals surface area (Å²) < 4.78 is 3.71. The van der Waals surface area contributed by atoms with E-state index in [9.17, 15) is 0 Å². The van der Waals surface area contributed by atoms with E-state index in [-0.39, 0.29) is 6.04 Å². The van der Waals surface area contributed by atoms with Crippen LogP contribution in [0.3, 0.4) is 0 Å². The van der Waals surface area contributed by atoms with Crippen molar-refractivity contribution in [2.24, 2.45) is 5.73 Å². The van der Waals surface area contributed by atoms with Crippen LogP contribution < -0.4 is 5.73 Å². The van der Waals surface area contributed by atoms with E-state index in [1.165, 1.54) is 11.5 Å². The van der Waals surface area contributed by atoms with Gasteiger partial charge in [-0.25, -0.2) is 0 Å². The van der Waals surface area contributed by atoms with Gasteiger partial charge in [-0.15, -0.1) is 5.10 Å². The van der Waals surface area contributed by atoms with E-state index in [4.69, 9.17) is 5.73 Å². The van der Waals surface area contributed by atoms with Crippen LogP contribution in [-0.2, 0) is 6.42 Å². The number of hydrogen-bond donors (Lipinski definition) is 1. The number of hydrogen-bond acceptors (Lipinski definition) is 4. The van der Waals surface area contributed by atoms with Crippen LogP contribution in [-0.4, -0.2) is 15.6 Å². The van der Waals surface area contributed by atoms with E-state index in [1.54, 1.807) is 0 Å². The minimum atomic E-state index is 0.189. The third-order valence-corrected chi connectivity index (χ3v) is 1.49. The molecule has 0 saturated carbocycles. The molecule has 0 fully saturated rings. The van der Waals surface area contributed by atoms with Gasteiger partial charge in [0.25, 0.3) is 0 Å². The third kappa shape index (κ3) is 2.07. The molecular formula is C5H9N3S. The van der Waals surface area contributed by atoms with Gasteiger partial charge in [-0.1, -0.05) is 4.49 Å². The van der Waals surface area contributed by atoms with Gasteiger partial charge in [0.05, 0.1) is 5.69 Å². The molecule has 1 heterocycles. The average molecular weight is 143 g/mol. The molecule has 0 radical (unpaired) electrons. The van der Waals surface area contributed by atoms with Gasteiger partial charge in [0, 0.05) is 17.8 Å². The average Bonchev–Trinajstić information content (AvgIpc) is 2.15. The van der Waals surface area contributed by atoms with Gasteiger partial charge in [0.2, 0.25) is 0 Å². The highest BCUT2D eigenvalue weighted by molar-refractivity contribution is 7.03. The van der Waals surface area contributed by atoms with Crippen LogP contribution in [0.2, 0.25) is 0 Å². The molecule has 1 aromatic rings. The Bertz CT molecular complexity index is 159. The fraction of sp³-hybridized carbons (Fsp3) is 0.600. The number of rotatable bonds is 2. The number of nitrogens with zero attached hydrogens (tertiary/aromatic N) is 2. The van der Waals surface area contributed by atoms with E-state index < -0.39 is 0 Å². The molecule has 4 heteroatoms. The quantitative estimate of drug-likeness (QED) is 0.653. The van der Waals surface area contributed by atoms with Crippen molar-refractivity contribution in [3.8, 4) is 0 Å². The Morgan fingerprint density at radius 1 is 1.89 bits per heavy atom. The predicted molar refractivity (Wildman–Crippen MR) is 37.3 cm³/mol. The lowest BCUT2D eigenvalue weighted by Crippen LogP contribution is -2.17. The maximum absolute atomic E-state index is 5.52. The summed E-state index contributed by atoms with van der Waals surface area (Å²) in [4.78, 5) is 0. The molecule has 0 unspecified atom stereocenters. The predicted octanol–water partition coefficient (Wildman–Crippen LogP) is 0.428. The summed E-state index contributed by atoms with van der Waals surface area (Å²) in [6.45, 7) is 1.96. The maximum atomic E-state index is 5.52. The van der Waals surface area contributed by atoms with Gasteiger partial charge < -0.3 is 5.73 Å². The van der Waals surface area contributed by atoms with Crippen molar-refractivity contribution in [2.45, 2.75) is 19.4 Å². The normalized spacial score (nSPS) is 13.6. The molecule has 0 saturated heterocycles. The zero-order chi connectivity index (χ0) is 6.69. The fourth-order valence-corrected chi connectivity index (χ4v) is 1.07. The van der Waals surface area contributed by atoms with Crippen molar-refractivity contribution in [1.29, 1.82) is 0 Å². The Balaban J connectivity index is 2.48. The minimum Gasteiger partial charge on any atom is -0.328 e. The first-order chi connectivity index (χ1) is 4.29. The first-order valence-corrected chi connectivity index (χ1v) is 3.64. The van der Waals surface area contributed by atoms with Crippen molar-refractivity contribution in [3.63, 3.8) is 0 Å². The monoisotopic (exact) mass is 143 g/mol. The van der Waals surface area contributed by atoms with E-state index in [0.29, 0.717) is 0 Å². The van der Waals surface area contributed by atoms with Gasteiger partial charge >= 0.3 is 0 Å². The van der Waals surface area contributed by atoms with Gasteiger partial charge in [0.15, 0.2) is 0 Å². The van der Waals surface area contributed by atoms with Crippen LogP contribution >= 0.6 is 11.5 Å². The summed E-state index contributed by atoms with van der Waals surface area (Å²) in [5, 5.41) is 5.76. The molecule has 50 valence electrons. The first-order valence-electron chi connectivity index (χ1n) is 2.80. The molecule has 0 spiro atoms. The smallest absolute Gasteiger partial charge is 0.0770 e. The van der Waals surface area contributed by atoms with Crippen molar-refractivity contribution in [3.05, 3.63) is 11.1 Å². The summed E-state index contributed by atoms with van der Waals surface area (Å²) in [6, 6.07) is 0.189. The lowest BCUT2D eigenvalue weighted by molar-refractivity contribution is 0.719. The van der Waals surface area contributed by atoms with Gasteiger partial charge in [-0.2, -0.15) is 0 Å². The second-order valence-electron chi connectivity index (χ2n) is 2.08. The molecule has 0 aliphatic carbocycles. The Morgan fingerprint density at radius 3 is 3.11 bits per heavy atom. The van der Waals surface area contributed by atoms with Crippen LogP contribution in [0.15, 0.2) is 5.38 Å². The number of aromatic nitrogens is 2. The Kier molecular flexibility index (Phi) is 2.13. The van der Waals surface area contributed by atoms with Crippen molar-refractivity contribution < 1.29 is 0 Å². The van der Waals surface area contributed by atoms with Crippen molar-refractivity contribution >= 4 is 11.5 Å². The molecule has 1 rings (SSSR count). The molecular weight excluding hydrogens is 134 g/mol. The summed E-state index contributed by atoms with van der Waals surface area (Å²) >= 11 is 1.36. The van der Waals surface area contributed by atoms with Gasteiger partial charge in [0.1, 0.15) is 0 Å². The largest absolute Gasteiger partial charge is 0.328 e. The highest BCUT2D eigenvalue weighted by Gasteiger charge is 1.98. The van der Waals surface area contributed by atoms with Crippen LogP contribution in [0.4, 0.5) is 0 Å². The summed E-state index contributed by atoms with van der Waals surface area (Å²) in [5.41, 5.74) is 6.52. The Hall–Kier alpha value is -0.480. The Labute approximate surface area is 58.1 Å². The van der Waals surface area contributed by atoms with E-state index >= 15 is 0 Å². The van der Waals surface area contributed by atoms with Gasteiger partial charge in [-0.3, -0.25) is 0 Å². The zero-order valence-corrected chi connectivity index (χ0v) is 6.06. The fourth-order valence-electron chi connectivity index (χ4n) is 0.603. The number of nitrogens with two attached hydrogens (primary N) is 1. The van der Waals surface area contributed by atoms with E-state index in [1.807, 2.05) is 12.3 Å². The zero-order valence-electron chi connectivity index (χ0n) is 5.24. The molecule has 0 aliphatic rings. The standard InChI is InChI=1S/C5H9N3S/c1-4(6)2-5-3-9-8-7-5/h3-4H,2,6H2,1H3/t4-/m0/s1. The lowest BCUT2D eigenvalue weighted by Gasteiger charge is -1.97. The van der Waals surface area contributed by atoms with Gasteiger partial charge in [-0.05, 0) is 18.5 Å². The van der Waals surface area contributed by atoms with E-state index in [2.05, 4.69) is 9.59 Å². The van der Waals surface area contributed by atoms with E-state index in [0.717, 1.165) is 12.1 Å². The molecule has 0 aromatic carbocycles. The second kappa shape index (κ2) is 2.89. The summed E-state index contributed by atoms with van der Waals surface area (Å²) in [7, 11) is 0. The molecule has 0 amide bonds. The topological polar surface area (TPSA) is 51.8 Å². The molecule has 9 heavy (non-hydrogen) atoms. The van der Waals surface area contributed by atoms with Crippen molar-refractivity contribution in [2.75, 3.05) is 0 Å². The summed E-state index contributed by atoms with van der Waals surface area (Å²) in [5.74, 6) is 0. The molecule has 3 nitrogen and oxygen atoms in total. The highest BCUT2D eigenvalue weighted by Crippen LogP contribution is 1.98. The van der Waals surface area contributed by atoms with Crippen LogP contribution in [0.25, 0.3) is 0 Å². The summed E-state index contributed by atoms with van der Waals surface area (Å²) in [6.07, 6.45) is 0.830. The molecule has 2 N–H and O–H groups in total. The van der Waals surface area contributed by atoms with Crippen LogP contribution in [0.5, 0.6) is 0 Å². The second-order valence-corrected chi connectivity index (χ2v) is 2.69. The van der Waals surface area contributed by atoms with Crippen LogP contribution in [0.1, 0.15) is 12.6 Å². The molecule has 1 aromatic heterocycles. The van der Waals surface area contributed by atoms with Crippen LogP contribution in [0, 0.1) is 0 Å². The lowest BCUT2D eigenvalue weighted by atomic mass is 10.2. The van der Waals surface area contributed by atoms with Crippen molar-refractivity contribution in [1.82, 2.24) is 9.59 Å². The minimum absolute atomic E-state index is 0.189. The maximum Gasteiger partial charge on any atom is 0.0770 e. The highest BCUT2D eigenvalue weighted by atomic mass is 32.1. The molecule has 0 aliphatic heterocycles. The molecule has 1 atom stereocenters. The Morgan fingerprint density at radius 2 is 2.67 bits per heavy atom.